The van der Waals surface area contributed by atoms with E-state index in [0.29, 0.717) is 6.54 Å². The summed E-state index contributed by atoms with van der Waals surface area (Å²) in [6, 6.07) is 0. The fourth-order valence-corrected chi connectivity index (χ4v) is 2.08. The third-order valence-electron chi connectivity index (χ3n) is 2.78. The Morgan fingerprint density at radius 2 is 2.36 bits per heavy atom. The van der Waals surface area contributed by atoms with Gasteiger partial charge in [-0.05, 0) is 13.0 Å². The van der Waals surface area contributed by atoms with Crippen molar-refractivity contribution in [2.24, 2.45) is 5.92 Å². The van der Waals surface area contributed by atoms with E-state index in [1.807, 2.05) is 4.90 Å². The zero-order valence-electron chi connectivity index (χ0n) is 6.16. The summed E-state index contributed by atoms with van der Waals surface area (Å²) in [6.45, 7) is 2.01. The predicted octanol–water partition coefficient (Wildman–Crippen LogP) is -0.862. The van der Waals surface area contributed by atoms with Gasteiger partial charge in [-0.1, -0.05) is 0 Å². The van der Waals surface area contributed by atoms with Gasteiger partial charge in [0.1, 0.15) is 0 Å². The van der Waals surface area contributed by atoms with Crippen molar-refractivity contribution in [2.75, 3.05) is 19.6 Å². The van der Waals surface area contributed by atoms with E-state index in [0.717, 1.165) is 19.5 Å². The number of aliphatic carboxylic acids is 1. The summed E-state index contributed by atoms with van der Waals surface area (Å²) in [5, 5.41) is 18.3. The highest BCUT2D eigenvalue weighted by Crippen LogP contribution is 2.36. The molecular weight excluding hydrogens is 146 g/mol. The van der Waals surface area contributed by atoms with Crippen LogP contribution in [0.2, 0.25) is 0 Å². The van der Waals surface area contributed by atoms with Crippen LogP contribution in [0.3, 0.4) is 0 Å². The van der Waals surface area contributed by atoms with Crippen LogP contribution >= 0.6 is 0 Å². The lowest BCUT2D eigenvalue weighted by atomic mass is 9.88. The first kappa shape index (κ1) is 7.06. The summed E-state index contributed by atoms with van der Waals surface area (Å²) in [6.07, 6.45) is 0.822. The lowest BCUT2D eigenvalue weighted by Crippen LogP contribution is -2.49. The fraction of sp³-hybridized carbons (Fsp3) is 0.857. The van der Waals surface area contributed by atoms with Gasteiger partial charge in [0.25, 0.3) is 0 Å². The average molecular weight is 157 g/mol. The maximum absolute atomic E-state index is 10.6. The van der Waals surface area contributed by atoms with Crippen LogP contribution in [0.15, 0.2) is 0 Å². The Balaban J connectivity index is 2.23. The van der Waals surface area contributed by atoms with E-state index in [2.05, 4.69) is 0 Å². The van der Waals surface area contributed by atoms with Gasteiger partial charge in [0.2, 0.25) is 0 Å². The molecule has 0 saturated carbocycles. The molecule has 2 fully saturated rings. The largest absolute Gasteiger partial charge is 0.479 e. The Hall–Kier alpha value is -0.610. The molecule has 2 aliphatic heterocycles. The number of carboxylic acid groups (broad SMARTS) is 1. The van der Waals surface area contributed by atoms with Crippen LogP contribution in [-0.4, -0.2) is 46.3 Å². The zero-order valence-corrected chi connectivity index (χ0v) is 6.16. The summed E-state index contributed by atoms with van der Waals surface area (Å²) in [5.41, 5.74) is -1.45. The smallest absolute Gasteiger partial charge is 0.337 e. The van der Waals surface area contributed by atoms with Gasteiger partial charge in [0, 0.05) is 19.0 Å². The molecule has 2 rings (SSSR count). The molecule has 0 spiro atoms. The SMILES string of the molecule is O=C(O)C1(O)CN2CCC1C2. The molecule has 2 heterocycles. The standard InChI is InChI=1S/C7H11NO3/c9-6(10)7(11)4-8-2-1-5(7)3-8/h5,11H,1-4H2,(H,9,10). The molecular formula is C7H11NO3. The van der Waals surface area contributed by atoms with Gasteiger partial charge < -0.3 is 10.2 Å². The molecule has 0 aromatic rings. The van der Waals surface area contributed by atoms with Crippen LogP contribution in [0.25, 0.3) is 0 Å². The van der Waals surface area contributed by atoms with Crippen molar-refractivity contribution in [2.45, 2.75) is 12.0 Å². The van der Waals surface area contributed by atoms with E-state index in [1.54, 1.807) is 0 Å². The number of carboxylic acids is 1. The normalized spacial score (nSPS) is 48.1. The lowest BCUT2D eigenvalue weighted by molar-refractivity contribution is -0.162. The van der Waals surface area contributed by atoms with Crippen molar-refractivity contribution < 1.29 is 15.0 Å². The van der Waals surface area contributed by atoms with Crippen molar-refractivity contribution >= 4 is 5.97 Å². The minimum Gasteiger partial charge on any atom is -0.479 e. The number of hydrogen-bond donors (Lipinski definition) is 2. The van der Waals surface area contributed by atoms with Crippen molar-refractivity contribution in [3.63, 3.8) is 0 Å². The van der Waals surface area contributed by atoms with Crippen molar-refractivity contribution in [3.8, 4) is 0 Å². The molecule has 0 aromatic carbocycles. The summed E-state index contributed by atoms with van der Waals surface area (Å²) in [4.78, 5) is 12.6. The highest BCUT2D eigenvalue weighted by Gasteiger charge is 2.54. The number of fused-ring (bicyclic) bond motifs is 2. The first-order valence-corrected chi connectivity index (χ1v) is 3.81. The number of piperidine rings is 1. The third-order valence-corrected chi connectivity index (χ3v) is 2.78. The first-order valence-electron chi connectivity index (χ1n) is 3.81. The van der Waals surface area contributed by atoms with E-state index in [-0.39, 0.29) is 5.92 Å². The van der Waals surface area contributed by atoms with Gasteiger partial charge in [0.05, 0.1) is 0 Å². The summed E-state index contributed by atoms with van der Waals surface area (Å²) >= 11 is 0. The molecule has 62 valence electrons. The number of hydrogen-bond acceptors (Lipinski definition) is 3. The molecule has 2 aliphatic rings. The second-order valence-electron chi connectivity index (χ2n) is 3.45. The average Bonchev–Trinajstić information content (AvgIpc) is 2.45. The van der Waals surface area contributed by atoms with Gasteiger partial charge in [-0.25, -0.2) is 4.79 Å². The molecule has 2 N–H and O–H groups in total. The Labute approximate surface area is 64.4 Å². The van der Waals surface area contributed by atoms with Crippen LogP contribution in [0, 0.1) is 5.92 Å². The predicted molar refractivity (Wildman–Crippen MR) is 37.1 cm³/mol. The molecule has 3 atom stereocenters. The summed E-state index contributed by atoms with van der Waals surface area (Å²) in [5.74, 6) is -1.11. The second kappa shape index (κ2) is 1.95. The van der Waals surface area contributed by atoms with E-state index < -0.39 is 11.6 Å². The van der Waals surface area contributed by atoms with Gasteiger partial charge in [-0.3, -0.25) is 4.90 Å². The van der Waals surface area contributed by atoms with Crippen molar-refractivity contribution in [3.05, 3.63) is 0 Å². The third kappa shape index (κ3) is 0.795. The van der Waals surface area contributed by atoms with Gasteiger partial charge in [-0.15, -0.1) is 0 Å². The topological polar surface area (TPSA) is 60.8 Å². The second-order valence-corrected chi connectivity index (χ2v) is 3.45. The Morgan fingerprint density at radius 1 is 1.64 bits per heavy atom. The maximum Gasteiger partial charge on any atom is 0.337 e. The van der Waals surface area contributed by atoms with Crippen LogP contribution < -0.4 is 0 Å². The number of aliphatic hydroxyl groups is 1. The Morgan fingerprint density at radius 3 is 2.64 bits per heavy atom. The Kier molecular flexibility index (Phi) is 1.25. The highest BCUT2D eigenvalue weighted by molar-refractivity contribution is 5.78. The van der Waals surface area contributed by atoms with Gasteiger partial charge in [0.15, 0.2) is 5.60 Å². The molecule has 2 saturated heterocycles. The first-order chi connectivity index (χ1) is 5.13. The molecule has 11 heavy (non-hydrogen) atoms. The Bertz CT molecular complexity index is 206. The molecule has 2 bridgehead atoms. The summed E-state index contributed by atoms with van der Waals surface area (Å²) < 4.78 is 0. The number of carbonyl (C=O) groups is 1. The van der Waals surface area contributed by atoms with Crippen molar-refractivity contribution in [1.82, 2.24) is 4.90 Å². The molecule has 0 aromatic heterocycles. The molecule has 0 radical (unpaired) electrons. The minimum atomic E-state index is -1.45. The molecule has 0 aliphatic carbocycles. The van der Waals surface area contributed by atoms with E-state index in [4.69, 9.17) is 5.11 Å². The molecule has 4 heteroatoms. The number of nitrogens with zero attached hydrogens (tertiary/aromatic N) is 1. The molecule has 0 amide bonds. The van der Waals surface area contributed by atoms with Crippen LogP contribution in [0.1, 0.15) is 6.42 Å². The lowest BCUT2D eigenvalue weighted by Gasteiger charge is -2.27. The van der Waals surface area contributed by atoms with Gasteiger partial charge in [-0.2, -0.15) is 0 Å². The fourth-order valence-electron chi connectivity index (χ4n) is 2.08. The van der Waals surface area contributed by atoms with E-state index >= 15 is 0 Å². The van der Waals surface area contributed by atoms with E-state index in [9.17, 15) is 9.90 Å². The minimum absolute atomic E-state index is 0.0417. The van der Waals surface area contributed by atoms with Crippen LogP contribution in [0.4, 0.5) is 0 Å². The zero-order chi connectivity index (χ0) is 8.06. The highest BCUT2D eigenvalue weighted by atomic mass is 16.4. The molecule has 3 unspecified atom stereocenters. The quantitative estimate of drug-likeness (QED) is 0.520. The maximum atomic E-state index is 10.6. The van der Waals surface area contributed by atoms with Crippen LogP contribution in [0.5, 0.6) is 0 Å². The van der Waals surface area contributed by atoms with Crippen LogP contribution in [-0.2, 0) is 4.79 Å². The number of rotatable bonds is 1. The van der Waals surface area contributed by atoms with E-state index in [1.165, 1.54) is 0 Å². The monoisotopic (exact) mass is 157 g/mol. The molecule has 4 nitrogen and oxygen atoms in total. The summed E-state index contributed by atoms with van der Waals surface area (Å²) in [7, 11) is 0. The van der Waals surface area contributed by atoms with Gasteiger partial charge >= 0.3 is 5.97 Å². The van der Waals surface area contributed by atoms with Crippen molar-refractivity contribution in [1.29, 1.82) is 0 Å².